The molecule has 7 heteroatoms. The number of benzene rings is 1. The maximum Gasteiger partial charge on any atom is 0.417 e. The largest absolute Gasteiger partial charge is 0.417 e. The van der Waals surface area contributed by atoms with Gasteiger partial charge in [0.15, 0.2) is 0 Å². The lowest BCUT2D eigenvalue weighted by molar-refractivity contribution is -0.137. The Hall–Kier alpha value is -1.76. The summed E-state index contributed by atoms with van der Waals surface area (Å²) in [7, 11) is 1.54. The summed E-state index contributed by atoms with van der Waals surface area (Å²) < 4.78 is 44.0. The van der Waals surface area contributed by atoms with Gasteiger partial charge in [-0.3, -0.25) is 5.41 Å². The molecule has 1 aromatic rings. The number of nitrogens with one attached hydrogen (secondary N) is 1. The minimum absolute atomic E-state index is 0.302. The highest BCUT2D eigenvalue weighted by atomic mass is 19.4. The van der Waals surface area contributed by atoms with E-state index in [4.69, 9.17) is 15.9 Å². The average molecular weight is 289 g/mol. The topological polar surface area (TPSA) is 62.3 Å². The molecule has 3 N–H and O–H groups in total. The number of nitrogen functional groups attached to an aromatic ring is 1. The van der Waals surface area contributed by atoms with Crippen LogP contribution in [-0.4, -0.2) is 32.6 Å². The van der Waals surface area contributed by atoms with Crippen molar-refractivity contribution in [3.8, 4) is 0 Å². The smallest absolute Gasteiger partial charge is 0.384 e. The molecule has 4 nitrogen and oxygen atoms in total. The summed E-state index contributed by atoms with van der Waals surface area (Å²) in [5.41, 5.74) is 4.44. The highest BCUT2D eigenvalue weighted by Gasteiger charge is 2.34. The summed E-state index contributed by atoms with van der Waals surface area (Å²) in [5, 5.41) is 7.23. The van der Waals surface area contributed by atoms with E-state index in [1.54, 1.807) is 4.90 Å². The lowest BCUT2D eigenvalue weighted by Crippen LogP contribution is -2.28. The predicted octanol–water partition coefficient (Wildman–Crippen LogP) is 2.46. The summed E-state index contributed by atoms with van der Waals surface area (Å²) in [4.78, 5) is 1.77. The third-order valence-electron chi connectivity index (χ3n) is 2.91. The highest BCUT2D eigenvalue weighted by molar-refractivity contribution is 5.97. The van der Waals surface area contributed by atoms with Crippen molar-refractivity contribution in [2.75, 3.05) is 31.7 Å². The first-order chi connectivity index (χ1) is 9.31. The van der Waals surface area contributed by atoms with Crippen molar-refractivity contribution in [2.24, 2.45) is 5.73 Å². The van der Waals surface area contributed by atoms with E-state index in [-0.39, 0.29) is 5.56 Å². The van der Waals surface area contributed by atoms with Crippen molar-refractivity contribution in [1.29, 1.82) is 5.41 Å². The number of halogens is 3. The lowest BCUT2D eigenvalue weighted by Gasteiger charge is -2.24. The van der Waals surface area contributed by atoms with E-state index in [1.807, 2.05) is 6.92 Å². The number of amidine groups is 1. The van der Waals surface area contributed by atoms with Crippen LogP contribution in [0.1, 0.15) is 18.1 Å². The van der Waals surface area contributed by atoms with Gasteiger partial charge in [-0.1, -0.05) is 0 Å². The minimum atomic E-state index is -4.54. The fraction of sp³-hybridized carbons (Fsp3) is 0.462. The number of hydrogen-bond donors (Lipinski definition) is 2. The van der Waals surface area contributed by atoms with E-state index in [9.17, 15) is 13.2 Å². The van der Waals surface area contributed by atoms with Crippen LogP contribution in [0.4, 0.5) is 18.9 Å². The molecule has 0 unspecified atom stereocenters. The van der Waals surface area contributed by atoms with Crippen molar-refractivity contribution >= 4 is 11.5 Å². The SMILES string of the molecule is CCN(CCOC)c1ccc(C(=N)N)c(C(F)(F)F)c1. The molecule has 0 saturated heterocycles. The molecule has 0 bridgehead atoms. The van der Waals surface area contributed by atoms with Crippen LogP contribution in [-0.2, 0) is 10.9 Å². The molecule has 0 aliphatic heterocycles. The van der Waals surface area contributed by atoms with Gasteiger partial charge in [-0.05, 0) is 25.1 Å². The first kappa shape index (κ1) is 16.3. The Morgan fingerprint density at radius 1 is 1.40 bits per heavy atom. The van der Waals surface area contributed by atoms with Gasteiger partial charge in [0.2, 0.25) is 0 Å². The number of anilines is 1. The molecule has 20 heavy (non-hydrogen) atoms. The Morgan fingerprint density at radius 3 is 2.50 bits per heavy atom. The Bertz CT molecular complexity index is 474. The van der Waals surface area contributed by atoms with Gasteiger partial charge in [-0.15, -0.1) is 0 Å². The van der Waals surface area contributed by atoms with Crippen LogP contribution in [0.5, 0.6) is 0 Å². The monoisotopic (exact) mass is 289 g/mol. The Balaban J connectivity index is 3.21. The predicted molar refractivity (Wildman–Crippen MR) is 72.2 cm³/mol. The van der Waals surface area contributed by atoms with E-state index in [0.29, 0.717) is 25.4 Å². The first-order valence-corrected chi connectivity index (χ1v) is 6.10. The van der Waals surface area contributed by atoms with Crippen LogP contribution in [0, 0.1) is 5.41 Å². The number of methoxy groups -OCH3 is 1. The van der Waals surface area contributed by atoms with Gasteiger partial charge < -0.3 is 15.4 Å². The first-order valence-electron chi connectivity index (χ1n) is 6.10. The van der Waals surface area contributed by atoms with Gasteiger partial charge in [0.25, 0.3) is 0 Å². The zero-order chi connectivity index (χ0) is 15.3. The maximum absolute atomic E-state index is 13.0. The van der Waals surface area contributed by atoms with Crippen molar-refractivity contribution in [1.82, 2.24) is 0 Å². The summed E-state index contributed by atoms with van der Waals surface area (Å²) in [5.74, 6) is -0.594. The lowest BCUT2D eigenvalue weighted by atomic mass is 10.0. The zero-order valence-corrected chi connectivity index (χ0v) is 11.4. The van der Waals surface area contributed by atoms with Crippen LogP contribution in [0.15, 0.2) is 18.2 Å². The van der Waals surface area contributed by atoms with Crippen LogP contribution in [0.2, 0.25) is 0 Å². The molecule has 0 aliphatic carbocycles. The third kappa shape index (κ3) is 3.86. The second-order valence-electron chi connectivity index (χ2n) is 4.21. The Kier molecular flexibility index (Phi) is 5.38. The molecule has 1 rings (SSSR count). The quantitative estimate of drug-likeness (QED) is 0.624. The number of likely N-dealkylation sites (N-methyl/N-ethyl adjacent to an activating group) is 1. The summed E-state index contributed by atoms with van der Waals surface area (Å²) in [6, 6.07) is 3.79. The van der Waals surface area contributed by atoms with Crippen LogP contribution in [0.3, 0.4) is 0 Å². The standard InChI is InChI=1S/C13H18F3N3O/c1-3-19(6-7-20-2)9-4-5-10(12(17)18)11(8-9)13(14,15)16/h4-5,8H,3,6-7H2,1-2H3,(H3,17,18). The van der Waals surface area contributed by atoms with Crippen LogP contribution < -0.4 is 10.6 Å². The van der Waals surface area contributed by atoms with Gasteiger partial charge in [-0.2, -0.15) is 13.2 Å². The zero-order valence-electron chi connectivity index (χ0n) is 11.4. The van der Waals surface area contributed by atoms with E-state index in [1.165, 1.54) is 19.2 Å². The van der Waals surface area contributed by atoms with E-state index in [0.717, 1.165) is 6.07 Å². The number of nitrogens with two attached hydrogens (primary N) is 1. The molecule has 0 radical (unpaired) electrons. The normalized spacial score (nSPS) is 11.4. The molecule has 0 spiro atoms. The number of hydrogen-bond acceptors (Lipinski definition) is 3. The van der Waals surface area contributed by atoms with Crippen molar-refractivity contribution in [2.45, 2.75) is 13.1 Å². The molecule has 0 atom stereocenters. The summed E-state index contributed by atoms with van der Waals surface area (Å²) in [6.07, 6.45) is -4.54. The number of alkyl halides is 3. The molecule has 0 saturated carbocycles. The molecule has 0 aliphatic rings. The second kappa shape index (κ2) is 6.60. The van der Waals surface area contributed by atoms with E-state index in [2.05, 4.69) is 0 Å². The molecule has 0 heterocycles. The maximum atomic E-state index is 13.0. The van der Waals surface area contributed by atoms with Gasteiger partial charge in [-0.25, -0.2) is 0 Å². The van der Waals surface area contributed by atoms with Crippen molar-refractivity contribution in [3.63, 3.8) is 0 Å². The molecule has 0 fully saturated rings. The molecule has 0 aromatic heterocycles. The summed E-state index contributed by atoms with van der Waals surface area (Å²) in [6.45, 7) is 3.31. The molecule has 1 aromatic carbocycles. The fourth-order valence-electron chi connectivity index (χ4n) is 1.87. The van der Waals surface area contributed by atoms with Crippen LogP contribution in [0.25, 0.3) is 0 Å². The summed E-state index contributed by atoms with van der Waals surface area (Å²) >= 11 is 0. The average Bonchev–Trinajstić information content (AvgIpc) is 2.38. The fourth-order valence-corrected chi connectivity index (χ4v) is 1.87. The van der Waals surface area contributed by atoms with Gasteiger partial charge >= 0.3 is 6.18 Å². The van der Waals surface area contributed by atoms with Crippen LogP contribution >= 0.6 is 0 Å². The molecular weight excluding hydrogens is 271 g/mol. The van der Waals surface area contributed by atoms with Crippen molar-refractivity contribution < 1.29 is 17.9 Å². The Labute approximate surface area is 115 Å². The third-order valence-corrected chi connectivity index (χ3v) is 2.91. The Morgan fingerprint density at radius 2 is 2.05 bits per heavy atom. The van der Waals surface area contributed by atoms with E-state index >= 15 is 0 Å². The molecule has 0 amide bonds. The number of ether oxygens (including phenoxy) is 1. The highest BCUT2D eigenvalue weighted by Crippen LogP contribution is 2.34. The van der Waals surface area contributed by atoms with Gasteiger partial charge in [0.1, 0.15) is 5.84 Å². The van der Waals surface area contributed by atoms with Gasteiger partial charge in [0.05, 0.1) is 12.2 Å². The van der Waals surface area contributed by atoms with Crippen molar-refractivity contribution in [3.05, 3.63) is 29.3 Å². The number of rotatable bonds is 6. The van der Waals surface area contributed by atoms with E-state index < -0.39 is 17.6 Å². The molecule has 112 valence electrons. The second-order valence-corrected chi connectivity index (χ2v) is 4.21. The molecular formula is C13H18F3N3O. The number of nitrogens with zero attached hydrogens (tertiary/aromatic N) is 1. The van der Waals surface area contributed by atoms with Gasteiger partial charge in [0, 0.05) is 31.5 Å². The minimum Gasteiger partial charge on any atom is -0.384 e.